The second-order valence-corrected chi connectivity index (χ2v) is 10.4. The predicted octanol–water partition coefficient (Wildman–Crippen LogP) is 3.46. The molecule has 2 heterocycles. The van der Waals surface area contributed by atoms with E-state index in [1.54, 1.807) is 24.3 Å². The number of carbonyl (C=O) groups excluding carboxylic acids is 1. The van der Waals surface area contributed by atoms with Crippen LogP contribution < -0.4 is 14.8 Å². The summed E-state index contributed by atoms with van der Waals surface area (Å²) in [5.74, 6) is 0.827. The zero-order valence-corrected chi connectivity index (χ0v) is 18.9. The van der Waals surface area contributed by atoms with Crippen LogP contribution in [0.3, 0.4) is 0 Å². The van der Waals surface area contributed by atoms with Crippen LogP contribution in [0.15, 0.2) is 51.8 Å². The number of hydrogen-bond acceptors (Lipinski definition) is 5. The summed E-state index contributed by atoms with van der Waals surface area (Å²) in [5, 5.41) is 3.01. The molecule has 0 spiro atoms. The fourth-order valence-corrected chi connectivity index (χ4v) is 5.52. The van der Waals surface area contributed by atoms with Crippen LogP contribution in [-0.4, -0.2) is 38.5 Å². The Morgan fingerprint density at radius 1 is 1.17 bits per heavy atom. The molecule has 30 heavy (non-hydrogen) atoms. The zero-order chi connectivity index (χ0) is 21.3. The SMILES string of the molecule is C[C@H](NC(=O)[C@@H]1CCCN(S(=O)(=O)c2ccc(Br)cc2)C1)c1ccc2c(c1)OCO2. The van der Waals surface area contributed by atoms with E-state index in [1.165, 1.54) is 4.31 Å². The zero-order valence-electron chi connectivity index (χ0n) is 16.5. The summed E-state index contributed by atoms with van der Waals surface area (Å²) < 4.78 is 38.9. The molecule has 2 atom stereocenters. The average Bonchev–Trinajstić information content (AvgIpc) is 3.22. The van der Waals surface area contributed by atoms with Crippen molar-refractivity contribution in [3.63, 3.8) is 0 Å². The number of ether oxygens (including phenoxy) is 2. The van der Waals surface area contributed by atoms with Crippen LogP contribution in [0.4, 0.5) is 0 Å². The molecule has 0 aromatic heterocycles. The molecular formula is C21H23BrN2O5S. The quantitative estimate of drug-likeness (QED) is 0.687. The first-order valence-electron chi connectivity index (χ1n) is 9.80. The number of nitrogens with one attached hydrogen (secondary N) is 1. The summed E-state index contributed by atoms with van der Waals surface area (Å²) in [6.45, 7) is 2.69. The van der Waals surface area contributed by atoms with Crippen LogP contribution in [0.2, 0.25) is 0 Å². The summed E-state index contributed by atoms with van der Waals surface area (Å²) in [6, 6.07) is 11.9. The molecule has 4 rings (SSSR count). The summed E-state index contributed by atoms with van der Waals surface area (Å²) in [4.78, 5) is 13.1. The first-order valence-corrected chi connectivity index (χ1v) is 12.0. The van der Waals surface area contributed by atoms with Crippen molar-refractivity contribution < 1.29 is 22.7 Å². The predicted molar refractivity (Wildman–Crippen MR) is 115 cm³/mol. The molecule has 0 unspecified atom stereocenters. The molecule has 9 heteroatoms. The van der Waals surface area contributed by atoms with Gasteiger partial charge >= 0.3 is 0 Å². The minimum atomic E-state index is -3.63. The van der Waals surface area contributed by atoms with E-state index >= 15 is 0 Å². The molecule has 2 aliphatic heterocycles. The van der Waals surface area contributed by atoms with Gasteiger partial charge in [-0.15, -0.1) is 0 Å². The molecule has 2 aliphatic rings. The number of fused-ring (bicyclic) bond motifs is 1. The van der Waals surface area contributed by atoms with Gasteiger partial charge in [0.15, 0.2) is 11.5 Å². The summed E-state index contributed by atoms with van der Waals surface area (Å²) >= 11 is 3.32. The van der Waals surface area contributed by atoms with E-state index in [2.05, 4.69) is 21.2 Å². The van der Waals surface area contributed by atoms with Crippen molar-refractivity contribution in [2.24, 2.45) is 5.92 Å². The lowest BCUT2D eigenvalue weighted by atomic mass is 9.98. The number of nitrogens with zero attached hydrogens (tertiary/aromatic N) is 1. The Labute approximate surface area is 184 Å². The largest absolute Gasteiger partial charge is 0.454 e. The number of carbonyl (C=O) groups is 1. The normalized spacial score (nSPS) is 20.0. The van der Waals surface area contributed by atoms with Gasteiger partial charge in [0.25, 0.3) is 0 Å². The van der Waals surface area contributed by atoms with Gasteiger partial charge in [0.05, 0.1) is 16.9 Å². The van der Waals surface area contributed by atoms with Crippen LogP contribution in [0, 0.1) is 5.92 Å². The molecule has 160 valence electrons. The van der Waals surface area contributed by atoms with Gasteiger partial charge in [-0.2, -0.15) is 4.31 Å². The number of rotatable bonds is 5. The van der Waals surface area contributed by atoms with E-state index < -0.39 is 10.0 Å². The minimum absolute atomic E-state index is 0.143. The summed E-state index contributed by atoms with van der Waals surface area (Å²) in [7, 11) is -3.63. The maximum Gasteiger partial charge on any atom is 0.243 e. The Morgan fingerprint density at radius 2 is 1.90 bits per heavy atom. The van der Waals surface area contributed by atoms with Gasteiger partial charge in [-0.1, -0.05) is 22.0 Å². The number of halogens is 1. The lowest BCUT2D eigenvalue weighted by Gasteiger charge is -2.32. The standard InChI is InChI=1S/C21H23BrN2O5S/c1-14(15-4-9-19-20(11-15)29-13-28-19)23-21(25)16-3-2-10-24(12-16)30(26,27)18-7-5-17(22)6-8-18/h4-9,11,14,16H,2-3,10,12-13H2,1H3,(H,23,25)/t14-,16+/m0/s1. The summed E-state index contributed by atoms with van der Waals surface area (Å²) in [5.41, 5.74) is 0.905. The van der Waals surface area contributed by atoms with Crippen molar-refractivity contribution in [1.82, 2.24) is 9.62 Å². The number of amides is 1. The molecule has 7 nitrogen and oxygen atoms in total. The molecule has 2 aromatic rings. The topological polar surface area (TPSA) is 84.9 Å². The van der Waals surface area contributed by atoms with Crippen LogP contribution in [0.1, 0.15) is 31.4 Å². The third kappa shape index (κ3) is 4.33. The van der Waals surface area contributed by atoms with Crippen LogP contribution >= 0.6 is 15.9 Å². The van der Waals surface area contributed by atoms with E-state index in [9.17, 15) is 13.2 Å². The molecule has 1 saturated heterocycles. The summed E-state index contributed by atoms with van der Waals surface area (Å²) in [6.07, 6.45) is 1.30. The Balaban J connectivity index is 1.42. The number of benzene rings is 2. The number of hydrogen-bond donors (Lipinski definition) is 1. The highest BCUT2D eigenvalue weighted by atomic mass is 79.9. The third-order valence-electron chi connectivity index (χ3n) is 5.46. The highest BCUT2D eigenvalue weighted by Gasteiger charge is 2.33. The van der Waals surface area contributed by atoms with E-state index in [0.717, 1.165) is 10.0 Å². The van der Waals surface area contributed by atoms with Crippen LogP contribution in [0.5, 0.6) is 11.5 Å². The van der Waals surface area contributed by atoms with Crippen molar-refractivity contribution >= 4 is 31.9 Å². The van der Waals surface area contributed by atoms with Crippen molar-refractivity contribution in [3.8, 4) is 11.5 Å². The van der Waals surface area contributed by atoms with E-state index in [0.29, 0.717) is 30.9 Å². The van der Waals surface area contributed by atoms with Gasteiger partial charge in [-0.25, -0.2) is 8.42 Å². The van der Waals surface area contributed by atoms with Crippen molar-refractivity contribution in [2.75, 3.05) is 19.9 Å². The fourth-order valence-electron chi connectivity index (χ4n) is 3.73. The second kappa shape index (κ2) is 8.56. The monoisotopic (exact) mass is 494 g/mol. The van der Waals surface area contributed by atoms with Gasteiger partial charge in [0, 0.05) is 17.6 Å². The Bertz CT molecular complexity index is 1040. The van der Waals surface area contributed by atoms with Crippen molar-refractivity contribution in [3.05, 3.63) is 52.5 Å². The fraction of sp³-hybridized carbons (Fsp3) is 0.381. The molecule has 0 radical (unpaired) electrons. The van der Waals surface area contributed by atoms with E-state index in [1.807, 2.05) is 25.1 Å². The molecule has 1 fully saturated rings. The molecule has 1 N–H and O–H groups in total. The minimum Gasteiger partial charge on any atom is -0.454 e. The molecule has 0 bridgehead atoms. The van der Waals surface area contributed by atoms with Crippen LogP contribution in [0.25, 0.3) is 0 Å². The second-order valence-electron chi connectivity index (χ2n) is 7.50. The highest BCUT2D eigenvalue weighted by Crippen LogP contribution is 2.34. The van der Waals surface area contributed by atoms with Crippen molar-refractivity contribution in [1.29, 1.82) is 0 Å². The van der Waals surface area contributed by atoms with Gasteiger partial charge in [0.2, 0.25) is 22.7 Å². The van der Waals surface area contributed by atoms with Gasteiger partial charge in [0.1, 0.15) is 0 Å². The first kappa shape index (κ1) is 21.1. The van der Waals surface area contributed by atoms with Gasteiger partial charge in [-0.3, -0.25) is 4.79 Å². The Morgan fingerprint density at radius 3 is 2.67 bits per heavy atom. The Kier molecular flexibility index (Phi) is 6.04. The van der Waals surface area contributed by atoms with Gasteiger partial charge < -0.3 is 14.8 Å². The first-order chi connectivity index (χ1) is 14.3. The van der Waals surface area contributed by atoms with Crippen LogP contribution in [-0.2, 0) is 14.8 Å². The lowest BCUT2D eigenvalue weighted by molar-refractivity contribution is -0.126. The highest BCUT2D eigenvalue weighted by molar-refractivity contribution is 9.10. The molecule has 0 saturated carbocycles. The maximum absolute atomic E-state index is 13.0. The van der Waals surface area contributed by atoms with E-state index in [-0.39, 0.29) is 36.1 Å². The molecule has 2 aromatic carbocycles. The lowest BCUT2D eigenvalue weighted by Crippen LogP contribution is -2.45. The molecular weight excluding hydrogens is 472 g/mol. The molecule has 0 aliphatic carbocycles. The Hall–Kier alpha value is -2.10. The van der Waals surface area contributed by atoms with E-state index in [4.69, 9.17) is 9.47 Å². The molecule has 1 amide bonds. The number of sulfonamides is 1. The average molecular weight is 495 g/mol. The third-order valence-corrected chi connectivity index (χ3v) is 7.87. The smallest absolute Gasteiger partial charge is 0.243 e. The van der Waals surface area contributed by atoms with Crippen molar-refractivity contribution in [2.45, 2.75) is 30.7 Å². The van der Waals surface area contributed by atoms with Gasteiger partial charge in [-0.05, 0) is 61.7 Å². The number of piperidine rings is 1. The maximum atomic E-state index is 13.0.